The highest BCUT2D eigenvalue weighted by Gasteiger charge is 2.14. The average molecular weight is 289 g/mol. The largest absolute Gasteiger partial charge is 0.289 e. The summed E-state index contributed by atoms with van der Waals surface area (Å²) in [6.07, 6.45) is 2.84. The van der Waals surface area contributed by atoms with Crippen LogP contribution in [0, 0.1) is 17.2 Å². The van der Waals surface area contributed by atoms with Crippen molar-refractivity contribution in [3.8, 4) is 6.07 Å². The first-order valence-electron chi connectivity index (χ1n) is 7.42. The molecule has 2 heteroatoms. The second-order valence-corrected chi connectivity index (χ2v) is 5.63. The summed E-state index contributed by atoms with van der Waals surface area (Å²) >= 11 is 0. The van der Waals surface area contributed by atoms with Gasteiger partial charge in [-0.3, -0.25) is 4.79 Å². The second-order valence-electron chi connectivity index (χ2n) is 5.63. The summed E-state index contributed by atoms with van der Waals surface area (Å²) in [5.41, 5.74) is 2.83. The lowest BCUT2D eigenvalue weighted by molar-refractivity contribution is 0.105. The molecule has 0 aromatic heterocycles. The molecule has 0 aliphatic carbocycles. The molecule has 0 unspecified atom stereocenters. The van der Waals surface area contributed by atoms with Crippen molar-refractivity contribution in [1.29, 1.82) is 5.26 Å². The number of benzene rings is 2. The molecule has 0 heterocycles. The van der Waals surface area contributed by atoms with Crippen molar-refractivity contribution in [2.45, 2.75) is 20.3 Å². The molecule has 0 fully saturated rings. The van der Waals surface area contributed by atoms with Gasteiger partial charge in [-0.2, -0.15) is 5.26 Å². The highest BCUT2D eigenvalue weighted by atomic mass is 16.1. The van der Waals surface area contributed by atoms with Gasteiger partial charge >= 0.3 is 0 Å². The molecule has 0 atom stereocenters. The van der Waals surface area contributed by atoms with Gasteiger partial charge in [0.25, 0.3) is 0 Å². The van der Waals surface area contributed by atoms with Gasteiger partial charge in [0.1, 0.15) is 0 Å². The minimum Gasteiger partial charge on any atom is -0.289 e. The van der Waals surface area contributed by atoms with Crippen molar-refractivity contribution in [3.05, 3.63) is 77.4 Å². The van der Waals surface area contributed by atoms with Crippen LogP contribution in [0.4, 0.5) is 0 Å². The van der Waals surface area contributed by atoms with Gasteiger partial charge in [0.05, 0.1) is 11.6 Å². The monoisotopic (exact) mass is 289 g/mol. The van der Waals surface area contributed by atoms with E-state index in [4.69, 9.17) is 5.26 Å². The molecule has 2 aromatic carbocycles. The summed E-state index contributed by atoms with van der Waals surface area (Å²) in [7, 11) is 0. The molecule has 2 nitrogen and oxygen atoms in total. The fourth-order valence-corrected chi connectivity index (χ4v) is 2.16. The van der Waals surface area contributed by atoms with Gasteiger partial charge in [-0.1, -0.05) is 62.4 Å². The van der Waals surface area contributed by atoms with E-state index in [-0.39, 0.29) is 5.78 Å². The quantitative estimate of drug-likeness (QED) is 0.582. The summed E-state index contributed by atoms with van der Waals surface area (Å²) in [5, 5.41) is 8.90. The van der Waals surface area contributed by atoms with Gasteiger partial charge < -0.3 is 0 Å². The molecule has 0 spiro atoms. The van der Waals surface area contributed by atoms with Crippen LogP contribution < -0.4 is 0 Å². The molecule has 0 saturated heterocycles. The van der Waals surface area contributed by atoms with Crippen LogP contribution in [0.15, 0.2) is 60.7 Å². The number of carbonyl (C=O) groups is 1. The van der Waals surface area contributed by atoms with Crippen LogP contribution in [0.3, 0.4) is 0 Å². The predicted molar refractivity (Wildman–Crippen MR) is 89.4 cm³/mol. The Balaban J connectivity index is 2.40. The molecule has 0 aliphatic heterocycles. The minimum absolute atomic E-state index is 0.0194. The van der Waals surface area contributed by atoms with E-state index in [0.29, 0.717) is 22.6 Å². The zero-order valence-electron chi connectivity index (χ0n) is 12.9. The number of Topliss-reactive ketones (excluding diaryl/α,β-unsaturated/α-hetero) is 1. The first-order valence-corrected chi connectivity index (χ1v) is 7.42. The van der Waals surface area contributed by atoms with Crippen molar-refractivity contribution in [2.24, 2.45) is 5.92 Å². The maximum absolute atomic E-state index is 12.8. The summed E-state index contributed by atoms with van der Waals surface area (Å²) in [6, 6.07) is 18.6. The molecule has 2 rings (SSSR count). The van der Waals surface area contributed by atoms with Crippen molar-refractivity contribution < 1.29 is 4.79 Å². The predicted octanol–water partition coefficient (Wildman–Crippen LogP) is 4.87. The fourth-order valence-electron chi connectivity index (χ4n) is 2.16. The fraction of sp³-hybridized carbons (Fsp3) is 0.200. The molecule has 2 aromatic rings. The first kappa shape index (κ1) is 15.7. The molecule has 0 N–H and O–H groups in total. The van der Waals surface area contributed by atoms with E-state index in [1.165, 1.54) is 0 Å². The number of hydrogen-bond acceptors (Lipinski definition) is 2. The standard InChI is InChI=1S/C20H19NO/c1-15(2)8-13-19(17-11-9-16(14-21)10-12-17)20(22)18-6-4-3-5-7-18/h3-7,9-13,15H,8H2,1-2H3/b19-13+. The maximum Gasteiger partial charge on any atom is 0.193 e. The zero-order valence-corrected chi connectivity index (χ0v) is 12.9. The van der Waals surface area contributed by atoms with E-state index >= 15 is 0 Å². The lowest BCUT2D eigenvalue weighted by atomic mass is 9.94. The van der Waals surface area contributed by atoms with Crippen LogP contribution in [0.1, 0.15) is 41.8 Å². The van der Waals surface area contributed by atoms with Crippen LogP contribution in [-0.4, -0.2) is 5.78 Å². The van der Waals surface area contributed by atoms with Gasteiger partial charge in [0.15, 0.2) is 5.78 Å². The van der Waals surface area contributed by atoms with Crippen LogP contribution >= 0.6 is 0 Å². The molecule has 0 saturated carbocycles. The summed E-state index contributed by atoms with van der Waals surface area (Å²) < 4.78 is 0. The molecule has 22 heavy (non-hydrogen) atoms. The molecule has 0 radical (unpaired) electrons. The molecule has 110 valence electrons. The Labute approximate surface area is 131 Å². The summed E-state index contributed by atoms with van der Waals surface area (Å²) in [4.78, 5) is 12.8. The maximum atomic E-state index is 12.8. The Bertz CT molecular complexity index is 704. The number of nitriles is 1. The van der Waals surface area contributed by atoms with Gasteiger partial charge in [-0.05, 0) is 30.0 Å². The van der Waals surface area contributed by atoms with E-state index in [1.54, 1.807) is 12.1 Å². The van der Waals surface area contributed by atoms with E-state index in [2.05, 4.69) is 19.9 Å². The molecular weight excluding hydrogens is 270 g/mol. The molecule has 0 bridgehead atoms. The zero-order chi connectivity index (χ0) is 15.9. The third-order valence-electron chi connectivity index (χ3n) is 3.40. The Hall–Kier alpha value is -2.66. The summed E-state index contributed by atoms with van der Waals surface area (Å²) in [6.45, 7) is 4.25. The number of hydrogen-bond donors (Lipinski definition) is 0. The lowest BCUT2D eigenvalue weighted by Gasteiger charge is -2.09. The van der Waals surface area contributed by atoms with Crippen LogP contribution in [0.5, 0.6) is 0 Å². The Morgan fingerprint density at radius 3 is 2.23 bits per heavy atom. The van der Waals surface area contributed by atoms with E-state index in [9.17, 15) is 4.79 Å². The third-order valence-corrected chi connectivity index (χ3v) is 3.40. The van der Waals surface area contributed by atoms with Crippen molar-refractivity contribution in [2.75, 3.05) is 0 Å². The van der Waals surface area contributed by atoms with E-state index in [0.717, 1.165) is 12.0 Å². The number of ketones is 1. The average Bonchev–Trinajstić information content (AvgIpc) is 2.56. The van der Waals surface area contributed by atoms with E-state index < -0.39 is 0 Å². The molecule has 0 amide bonds. The van der Waals surface area contributed by atoms with Crippen LogP contribution in [0.2, 0.25) is 0 Å². The second kappa shape index (κ2) is 7.38. The smallest absolute Gasteiger partial charge is 0.193 e. The molecule has 0 aliphatic rings. The number of rotatable bonds is 5. The van der Waals surface area contributed by atoms with Crippen molar-refractivity contribution in [1.82, 2.24) is 0 Å². The number of nitrogens with zero attached hydrogens (tertiary/aromatic N) is 1. The van der Waals surface area contributed by atoms with Crippen LogP contribution in [0.25, 0.3) is 5.57 Å². The van der Waals surface area contributed by atoms with Crippen molar-refractivity contribution in [3.63, 3.8) is 0 Å². The molecular formula is C20H19NO. The first-order chi connectivity index (χ1) is 10.6. The summed E-state index contributed by atoms with van der Waals surface area (Å²) in [5.74, 6) is 0.503. The highest BCUT2D eigenvalue weighted by molar-refractivity contribution is 6.28. The number of allylic oxidation sites excluding steroid dienone is 2. The topological polar surface area (TPSA) is 40.9 Å². The third kappa shape index (κ3) is 3.93. The van der Waals surface area contributed by atoms with Gasteiger partial charge in [0.2, 0.25) is 0 Å². The van der Waals surface area contributed by atoms with Crippen LogP contribution in [-0.2, 0) is 0 Å². The minimum atomic E-state index is 0.0194. The Morgan fingerprint density at radius 1 is 1.05 bits per heavy atom. The lowest BCUT2D eigenvalue weighted by Crippen LogP contribution is -2.03. The SMILES string of the molecule is CC(C)C/C=C(/C(=O)c1ccccc1)c1ccc(C#N)cc1. The normalized spacial score (nSPS) is 11.3. The Kier molecular flexibility index (Phi) is 5.27. The van der Waals surface area contributed by atoms with Crippen molar-refractivity contribution >= 4 is 11.4 Å². The van der Waals surface area contributed by atoms with E-state index in [1.807, 2.05) is 48.5 Å². The van der Waals surface area contributed by atoms with Gasteiger partial charge in [-0.25, -0.2) is 0 Å². The van der Waals surface area contributed by atoms with Gasteiger partial charge in [-0.15, -0.1) is 0 Å². The van der Waals surface area contributed by atoms with Gasteiger partial charge in [0, 0.05) is 11.1 Å². The highest BCUT2D eigenvalue weighted by Crippen LogP contribution is 2.22. The Morgan fingerprint density at radius 2 is 1.68 bits per heavy atom. The number of carbonyl (C=O) groups excluding carboxylic acids is 1.